The van der Waals surface area contributed by atoms with Gasteiger partial charge in [0.15, 0.2) is 0 Å². The van der Waals surface area contributed by atoms with E-state index in [9.17, 15) is 0 Å². The highest BCUT2D eigenvalue weighted by Crippen LogP contribution is 2.30. The predicted octanol–water partition coefficient (Wildman–Crippen LogP) is 3.91. The third-order valence-electron chi connectivity index (χ3n) is 3.93. The Bertz CT molecular complexity index is 789. The highest BCUT2D eigenvalue weighted by atomic mass is 32.1. The molecule has 0 radical (unpaired) electrons. The number of fused-ring (bicyclic) bond motifs is 3. The highest BCUT2D eigenvalue weighted by molar-refractivity contribution is 7.81. The van der Waals surface area contributed by atoms with Crippen LogP contribution >= 0.6 is 12.2 Å². The molecule has 0 saturated carbocycles. The molecule has 2 heterocycles. The van der Waals surface area contributed by atoms with Crippen molar-refractivity contribution in [3.8, 4) is 0 Å². The molecule has 0 spiro atoms. The Morgan fingerprint density at radius 3 is 2.55 bits per heavy atom. The Labute approximate surface area is 123 Å². The lowest BCUT2D eigenvalue weighted by molar-refractivity contribution is 0.915. The minimum absolute atomic E-state index is 0.897. The van der Waals surface area contributed by atoms with E-state index in [4.69, 9.17) is 12.2 Å². The van der Waals surface area contributed by atoms with E-state index < -0.39 is 0 Å². The van der Waals surface area contributed by atoms with Crippen molar-refractivity contribution in [1.29, 1.82) is 0 Å². The number of benzene rings is 2. The maximum atomic E-state index is 5.70. The molecule has 4 rings (SSSR count). The monoisotopic (exact) mass is 278 g/mol. The molecule has 20 heavy (non-hydrogen) atoms. The first-order valence-electron chi connectivity index (χ1n) is 6.81. The minimum Gasteiger partial charge on any atom is -0.352 e. The van der Waals surface area contributed by atoms with Gasteiger partial charge in [0.25, 0.3) is 0 Å². The summed E-state index contributed by atoms with van der Waals surface area (Å²) >= 11 is 5.70. The third kappa shape index (κ3) is 1.67. The molecule has 3 aromatic rings. The SMILES string of the molecule is S=C1c2[nH]c3ccccc3c2CCN1c1ccccc1. The first kappa shape index (κ1) is 11.7. The second-order valence-electron chi connectivity index (χ2n) is 5.07. The number of thiocarbonyl (C=S) groups is 1. The second kappa shape index (κ2) is 4.46. The van der Waals surface area contributed by atoms with E-state index in [2.05, 4.69) is 58.4 Å². The van der Waals surface area contributed by atoms with Crippen LogP contribution in [0, 0.1) is 0 Å². The molecular weight excluding hydrogens is 264 g/mol. The molecule has 1 aromatic heterocycles. The first-order chi connectivity index (χ1) is 9.84. The van der Waals surface area contributed by atoms with Gasteiger partial charge in [0.1, 0.15) is 4.99 Å². The molecular formula is C17H14N2S. The molecule has 0 aliphatic carbocycles. The summed E-state index contributed by atoms with van der Waals surface area (Å²) in [4.78, 5) is 6.59. The molecule has 0 fully saturated rings. The average molecular weight is 278 g/mol. The van der Waals surface area contributed by atoms with Gasteiger partial charge in [-0.05, 0) is 30.2 Å². The van der Waals surface area contributed by atoms with Crippen LogP contribution < -0.4 is 4.90 Å². The Hall–Kier alpha value is -2.13. The van der Waals surface area contributed by atoms with Crippen LogP contribution in [0.15, 0.2) is 54.6 Å². The third-order valence-corrected chi connectivity index (χ3v) is 4.35. The van der Waals surface area contributed by atoms with Crippen LogP contribution in [0.2, 0.25) is 0 Å². The van der Waals surface area contributed by atoms with Gasteiger partial charge < -0.3 is 9.88 Å². The fourth-order valence-electron chi connectivity index (χ4n) is 2.96. The normalized spacial score (nSPS) is 14.6. The number of aromatic nitrogens is 1. The van der Waals surface area contributed by atoms with E-state index in [0.717, 1.165) is 23.6 Å². The molecule has 2 aromatic carbocycles. The number of anilines is 1. The fourth-order valence-corrected chi connectivity index (χ4v) is 3.33. The van der Waals surface area contributed by atoms with Crippen LogP contribution in [0.3, 0.4) is 0 Å². The molecule has 0 amide bonds. The molecule has 3 heteroatoms. The number of para-hydroxylation sites is 2. The summed E-state index contributed by atoms with van der Waals surface area (Å²) < 4.78 is 0. The maximum absolute atomic E-state index is 5.70. The molecule has 0 bridgehead atoms. The number of hydrogen-bond acceptors (Lipinski definition) is 1. The number of H-pyrrole nitrogens is 1. The van der Waals surface area contributed by atoms with Crippen LogP contribution in [-0.2, 0) is 6.42 Å². The Balaban J connectivity index is 1.83. The van der Waals surface area contributed by atoms with E-state index in [1.165, 1.54) is 22.2 Å². The number of nitrogens with zero attached hydrogens (tertiary/aromatic N) is 1. The fraction of sp³-hybridized carbons (Fsp3) is 0.118. The van der Waals surface area contributed by atoms with E-state index in [1.807, 2.05) is 6.07 Å². The van der Waals surface area contributed by atoms with E-state index in [1.54, 1.807) is 0 Å². The summed E-state index contributed by atoms with van der Waals surface area (Å²) in [6.07, 6.45) is 1.02. The summed E-state index contributed by atoms with van der Waals surface area (Å²) in [6.45, 7) is 0.942. The van der Waals surface area contributed by atoms with Crippen LogP contribution in [-0.4, -0.2) is 16.5 Å². The van der Waals surface area contributed by atoms with Crippen molar-refractivity contribution in [3.05, 3.63) is 65.9 Å². The standard InChI is InChI=1S/C17H14N2S/c20-17-16-14(13-8-4-5-9-15(13)18-16)10-11-19(17)12-6-2-1-3-7-12/h1-9,18H,10-11H2. The van der Waals surface area contributed by atoms with Gasteiger partial charge in [-0.25, -0.2) is 0 Å². The number of nitrogens with one attached hydrogen (secondary N) is 1. The highest BCUT2D eigenvalue weighted by Gasteiger charge is 2.25. The van der Waals surface area contributed by atoms with Gasteiger partial charge in [-0.2, -0.15) is 0 Å². The van der Waals surface area contributed by atoms with Crippen molar-refractivity contribution < 1.29 is 0 Å². The first-order valence-corrected chi connectivity index (χ1v) is 7.22. The summed E-state index contributed by atoms with van der Waals surface area (Å²) in [5.74, 6) is 0. The molecule has 2 nitrogen and oxygen atoms in total. The van der Waals surface area contributed by atoms with Crippen molar-refractivity contribution in [3.63, 3.8) is 0 Å². The lowest BCUT2D eigenvalue weighted by Crippen LogP contribution is -2.36. The van der Waals surface area contributed by atoms with E-state index in [0.29, 0.717) is 0 Å². The van der Waals surface area contributed by atoms with Crippen molar-refractivity contribution in [1.82, 2.24) is 4.98 Å². The van der Waals surface area contributed by atoms with Crippen molar-refractivity contribution in [2.45, 2.75) is 6.42 Å². The van der Waals surface area contributed by atoms with Crippen LogP contribution in [0.1, 0.15) is 11.3 Å². The largest absolute Gasteiger partial charge is 0.352 e. The van der Waals surface area contributed by atoms with Gasteiger partial charge in [0, 0.05) is 23.1 Å². The molecule has 1 N–H and O–H groups in total. The van der Waals surface area contributed by atoms with Gasteiger partial charge in [0.2, 0.25) is 0 Å². The topological polar surface area (TPSA) is 19.0 Å². The van der Waals surface area contributed by atoms with E-state index >= 15 is 0 Å². The van der Waals surface area contributed by atoms with Gasteiger partial charge in [-0.15, -0.1) is 0 Å². The quantitative estimate of drug-likeness (QED) is 0.681. The number of rotatable bonds is 1. The second-order valence-corrected chi connectivity index (χ2v) is 5.45. The van der Waals surface area contributed by atoms with Crippen molar-refractivity contribution in [2.75, 3.05) is 11.4 Å². The Kier molecular flexibility index (Phi) is 2.60. The summed E-state index contributed by atoms with van der Waals surface area (Å²) in [5, 5.41) is 1.30. The van der Waals surface area contributed by atoms with Crippen LogP contribution in [0.4, 0.5) is 5.69 Å². The zero-order valence-electron chi connectivity index (χ0n) is 11.0. The molecule has 0 saturated heterocycles. The van der Waals surface area contributed by atoms with Crippen molar-refractivity contribution in [2.24, 2.45) is 0 Å². The summed E-state index contributed by atoms with van der Waals surface area (Å²) in [5.41, 5.74) is 4.81. The molecule has 1 aliphatic heterocycles. The molecule has 1 aliphatic rings. The Morgan fingerprint density at radius 2 is 1.70 bits per heavy atom. The van der Waals surface area contributed by atoms with Gasteiger partial charge in [0.05, 0.1) is 5.69 Å². The zero-order valence-corrected chi connectivity index (χ0v) is 11.8. The molecule has 0 atom stereocenters. The van der Waals surface area contributed by atoms with Crippen molar-refractivity contribution >= 4 is 33.8 Å². The summed E-state index contributed by atoms with van der Waals surface area (Å²) in [7, 11) is 0. The molecule has 98 valence electrons. The smallest absolute Gasteiger partial charge is 0.130 e. The van der Waals surface area contributed by atoms with Gasteiger partial charge >= 0.3 is 0 Å². The van der Waals surface area contributed by atoms with Gasteiger partial charge in [-0.3, -0.25) is 0 Å². The molecule has 0 unspecified atom stereocenters. The van der Waals surface area contributed by atoms with Crippen LogP contribution in [0.5, 0.6) is 0 Å². The van der Waals surface area contributed by atoms with Gasteiger partial charge in [-0.1, -0.05) is 48.6 Å². The number of aromatic amines is 1. The lowest BCUT2D eigenvalue weighted by atomic mass is 10.0. The summed E-state index contributed by atoms with van der Waals surface area (Å²) in [6, 6.07) is 18.8. The number of hydrogen-bond donors (Lipinski definition) is 1. The van der Waals surface area contributed by atoms with Crippen LogP contribution in [0.25, 0.3) is 10.9 Å². The predicted molar refractivity (Wildman–Crippen MR) is 87.5 cm³/mol. The van der Waals surface area contributed by atoms with E-state index in [-0.39, 0.29) is 0 Å². The Morgan fingerprint density at radius 1 is 0.950 bits per heavy atom. The zero-order chi connectivity index (χ0) is 13.5. The minimum atomic E-state index is 0.897. The average Bonchev–Trinajstić information content (AvgIpc) is 2.88. The maximum Gasteiger partial charge on any atom is 0.130 e. The lowest BCUT2D eigenvalue weighted by Gasteiger charge is -2.29.